The van der Waals surface area contributed by atoms with Crippen molar-refractivity contribution in [3.8, 4) is 0 Å². The molecule has 0 bridgehead atoms. The first-order valence-corrected chi connectivity index (χ1v) is 9.31. The predicted molar refractivity (Wildman–Crippen MR) is 104 cm³/mol. The van der Waals surface area contributed by atoms with Gasteiger partial charge in [-0.05, 0) is 32.3 Å². The highest BCUT2D eigenvalue weighted by Gasteiger charge is 2.17. The quantitative estimate of drug-likeness (QED) is 0.661. The topological polar surface area (TPSA) is 66.5 Å². The third-order valence-electron chi connectivity index (χ3n) is 4.37. The number of guanidine groups is 1. The zero-order valence-electron chi connectivity index (χ0n) is 15.6. The first-order valence-electron chi connectivity index (χ1n) is 9.31. The fourth-order valence-electron chi connectivity index (χ4n) is 3.06. The van der Waals surface area contributed by atoms with E-state index in [0.29, 0.717) is 24.7 Å². The molecule has 0 spiro atoms. The number of nitrogens with zero attached hydrogens (tertiary/aromatic N) is 4. The average molecular weight is 353 g/mol. The van der Waals surface area contributed by atoms with Crippen molar-refractivity contribution >= 4 is 12.0 Å². The van der Waals surface area contributed by atoms with Gasteiger partial charge in [0.15, 0.2) is 11.8 Å². The van der Waals surface area contributed by atoms with Crippen molar-refractivity contribution in [1.82, 2.24) is 20.4 Å². The molecular formula is C20H27N5O. The van der Waals surface area contributed by atoms with E-state index < -0.39 is 0 Å². The van der Waals surface area contributed by atoms with Crippen LogP contribution in [0, 0.1) is 6.92 Å². The number of hydrogen-bond acceptors (Lipinski definition) is 4. The maximum Gasteiger partial charge on any atom is 0.228 e. The molecule has 3 rings (SSSR count). The minimum absolute atomic E-state index is 0.646. The van der Waals surface area contributed by atoms with Gasteiger partial charge in [-0.2, -0.15) is 4.98 Å². The number of rotatable bonds is 5. The number of aryl methyl sites for hydroxylation is 1. The van der Waals surface area contributed by atoms with Crippen LogP contribution in [0.25, 0.3) is 6.08 Å². The summed E-state index contributed by atoms with van der Waals surface area (Å²) in [7, 11) is 0. The van der Waals surface area contributed by atoms with Crippen LogP contribution in [0.1, 0.15) is 37.0 Å². The molecule has 0 aliphatic carbocycles. The summed E-state index contributed by atoms with van der Waals surface area (Å²) in [5, 5.41) is 7.21. The minimum Gasteiger partial charge on any atom is -0.357 e. The molecule has 2 heterocycles. The first kappa shape index (κ1) is 18.2. The molecule has 1 aromatic heterocycles. The van der Waals surface area contributed by atoms with E-state index in [9.17, 15) is 0 Å². The lowest BCUT2D eigenvalue weighted by Crippen LogP contribution is -2.44. The first-order chi connectivity index (χ1) is 12.7. The monoisotopic (exact) mass is 353 g/mol. The third kappa shape index (κ3) is 5.18. The summed E-state index contributed by atoms with van der Waals surface area (Å²) in [5.74, 6) is 2.29. The second-order valence-electron chi connectivity index (χ2n) is 6.42. The van der Waals surface area contributed by atoms with Crippen LogP contribution in [0.5, 0.6) is 0 Å². The summed E-state index contributed by atoms with van der Waals surface area (Å²) < 4.78 is 5.15. The molecule has 0 saturated carbocycles. The Morgan fingerprint density at radius 3 is 2.69 bits per heavy atom. The van der Waals surface area contributed by atoms with Crippen LogP contribution < -0.4 is 5.32 Å². The smallest absolute Gasteiger partial charge is 0.228 e. The van der Waals surface area contributed by atoms with Crippen molar-refractivity contribution in [1.29, 1.82) is 0 Å². The maximum atomic E-state index is 5.15. The van der Waals surface area contributed by atoms with E-state index >= 15 is 0 Å². The van der Waals surface area contributed by atoms with Crippen molar-refractivity contribution in [2.75, 3.05) is 26.2 Å². The lowest BCUT2D eigenvalue weighted by Gasteiger charge is -2.31. The van der Waals surface area contributed by atoms with Gasteiger partial charge < -0.3 is 14.7 Å². The van der Waals surface area contributed by atoms with Crippen LogP contribution in [0.15, 0.2) is 45.4 Å². The second-order valence-corrected chi connectivity index (χ2v) is 6.42. The molecule has 6 heteroatoms. The SMILES string of the molecule is CCNC(=NCCc1nc(C)no1)N1CCC(=Cc2ccccc2)CC1. The number of aliphatic imine (C=N–C) groups is 1. The standard InChI is InChI=1S/C20H27N5O/c1-3-21-20(22-12-9-19-23-16(2)24-26-19)25-13-10-18(11-14-25)15-17-7-5-4-6-8-17/h4-8,15H,3,9-14H2,1-2H3,(H,21,22). The van der Waals surface area contributed by atoms with Gasteiger partial charge in [-0.15, -0.1) is 0 Å². The lowest BCUT2D eigenvalue weighted by atomic mass is 10.0. The molecule has 0 amide bonds. The molecule has 1 fully saturated rings. The number of piperidine rings is 1. The van der Waals surface area contributed by atoms with E-state index in [1.165, 1.54) is 11.1 Å². The minimum atomic E-state index is 0.646. The molecule has 26 heavy (non-hydrogen) atoms. The van der Waals surface area contributed by atoms with Gasteiger partial charge in [0.2, 0.25) is 5.89 Å². The van der Waals surface area contributed by atoms with Gasteiger partial charge in [0.25, 0.3) is 0 Å². The highest BCUT2D eigenvalue weighted by atomic mass is 16.5. The number of nitrogens with one attached hydrogen (secondary N) is 1. The van der Waals surface area contributed by atoms with Gasteiger partial charge in [-0.3, -0.25) is 4.99 Å². The molecule has 1 aliphatic rings. The third-order valence-corrected chi connectivity index (χ3v) is 4.37. The Morgan fingerprint density at radius 2 is 2.04 bits per heavy atom. The van der Waals surface area contributed by atoms with E-state index in [1.807, 2.05) is 6.92 Å². The molecule has 1 N–H and O–H groups in total. The van der Waals surface area contributed by atoms with Crippen molar-refractivity contribution in [2.24, 2.45) is 4.99 Å². The summed E-state index contributed by atoms with van der Waals surface area (Å²) in [6.45, 7) is 7.42. The van der Waals surface area contributed by atoms with Crippen LogP contribution >= 0.6 is 0 Å². The van der Waals surface area contributed by atoms with Crippen LogP contribution in [0.4, 0.5) is 0 Å². The van der Waals surface area contributed by atoms with Crippen LogP contribution in [-0.4, -0.2) is 47.2 Å². The van der Waals surface area contributed by atoms with E-state index in [-0.39, 0.29) is 0 Å². The van der Waals surface area contributed by atoms with Crippen molar-refractivity contribution in [2.45, 2.75) is 33.1 Å². The molecule has 0 radical (unpaired) electrons. The Morgan fingerprint density at radius 1 is 1.27 bits per heavy atom. The Bertz CT molecular complexity index is 741. The molecule has 0 atom stereocenters. The Kier molecular flexibility index (Phi) is 6.41. The van der Waals surface area contributed by atoms with E-state index in [1.54, 1.807) is 0 Å². The summed E-state index contributed by atoms with van der Waals surface area (Å²) in [6, 6.07) is 10.5. The lowest BCUT2D eigenvalue weighted by molar-refractivity contribution is 0.369. The fraction of sp³-hybridized carbons (Fsp3) is 0.450. The van der Waals surface area contributed by atoms with Crippen LogP contribution in [-0.2, 0) is 6.42 Å². The van der Waals surface area contributed by atoms with Gasteiger partial charge in [-0.1, -0.05) is 47.1 Å². The van der Waals surface area contributed by atoms with Gasteiger partial charge in [0.1, 0.15) is 0 Å². The Hall–Kier alpha value is -2.63. The van der Waals surface area contributed by atoms with Crippen LogP contribution in [0.2, 0.25) is 0 Å². The van der Waals surface area contributed by atoms with Gasteiger partial charge in [0.05, 0.1) is 6.54 Å². The molecule has 2 aromatic rings. The summed E-state index contributed by atoms with van der Waals surface area (Å²) in [5.41, 5.74) is 2.79. The zero-order valence-corrected chi connectivity index (χ0v) is 15.6. The van der Waals surface area contributed by atoms with Crippen molar-refractivity contribution in [3.05, 3.63) is 53.2 Å². The number of likely N-dealkylation sites (tertiary alicyclic amines) is 1. The molecule has 1 saturated heterocycles. The van der Waals surface area contributed by atoms with Crippen LogP contribution in [0.3, 0.4) is 0 Å². The van der Waals surface area contributed by atoms with Gasteiger partial charge >= 0.3 is 0 Å². The second kappa shape index (κ2) is 9.17. The highest BCUT2D eigenvalue weighted by Crippen LogP contribution is 2.19. The number of hydrogen-bond donors (Lipinski definition) is 1. The number of aromatic nitrogens is 2. The molecule has 6 nitrogen and oxygen atoms in total. The Labute approximate surface area is 155 Å². The maximum absolute atomic E-state index is 5.15. The summed E-state index contributed by atoms with van der Waals surface area (Å²) in [4.78, 5) is 11.3. The molecule has 1 aromatic carbocycles. The van der Waals surface area contributed by atoms with E-state index in [0.717, 1.165) is 38.4 Å². The predicted octanol–water partition coefficient (Wildman–Crippen LogP) is 3.07. The highest BCUT2D eigenvalue weighted by molar-refractivity contribution is 5.80. The number of benzene rings is 1. The van der Waals surface area contributed by atoms with E-state index in [4.69, 9.17) is 9.52 Å². The van der Waals surface area contributed by atoms with Crippen molar-refractivity contribution < 1.29 is 4.52 Å². The Balaban J connectivity index is 1.55. The van der Waals surface area contributed by atoms with Gasteiger partial charge in [-0.25, -0.2) is 0 Å². The molecule has 138 valence electrons. The fourth-order valence-corrected chi connectivity index (χ4v) is 3.06. The summed E-state index contributed by atoms with van der Waals surface area (Å²) in [6.07, 6.45) is 5.13. The average Bonchev–Trinajstić information content (AvgIpc) is 3.08. The van der Waals surface area contributed by atoms with Crippen molar-refractivity contribution in [3.63, 3.8) is 0 Å². The largest absolute Gasteiger partial charge is 0.357 e. The molecular weight excluding hydrogens is 326 g/mol. The normalized spacial score (nSPS) is 15.2. The molecule has 0 unspecified atom stereocenters. The van der Waals surface area contributed by atoms with E-state index in [2.05, 4.69) is 63.7 Å². The summed E-state index contributed by atoms with van der Waals surface area (Å²) >= 11 is 0. The zero-order chi connectivity index (χ0) is 18.2. The molecule has 1 aliphatic heterocycles. The van der Waals surface area contributed by atoms with Gasteiger partial charge in [0, 0.05) is 26.1 Å².